The summed E-state index contributed by atoms with van der Waals surface area (Å²) < 4.78 is 1.70. The lowest BCUT2D eigenvalue weighted by Crippen LogP contribution is -2.38. The fourth-order valence-corrected chi connectivity index (χ4v) is 2.84. The third-order valence-electron chi connectivity index (χ3n) is 2.77. The Morgan fingerprint density at radius 1 is 1.33 bits per heavy atom. The quantitative estimate of drug-likeness (QED) is 0.712. The first kappa shape index (κ1) is 15.0. The number of aryl methyl sites for hydroxylation is 2. The van der Waals surface area contributed by atoms with E-state index in [0.717, 1.165) is 15.9 Å². The highest BCUT2D eigenvalue weighted by atomic mass is 32.1. The van der Waals surface area contributed by atoms with Gasteiger partial charge in [0.25, 0.3) is 5.91 Å². The molecule has 0 unspecified atom stereocenters. The smallest absolute Gasteiger partial charge is 0.322 e. The lowest BCUT2D eigenvalue weighted by molar-refractivity contribution is -0.137. The minimum Gasteiger partial charge on any atom is -0.480 e. The summed E-state index contributed by atoms with van der Waals surface area (Å²) in [7, 11) is 1.80. The van der Waals surface area contributed by atoms with Gasteiger partial charge < -0.3 is 15.7 Å². The number of carboxylic acids is 1. The second-order valence-electron chi connectivity index (χ2n) is 4.39. The van der Waals surface area contributed by atoms with Crippen molar-refractivity contribution in [2.45, 2.75) is 6.92 Å². The number of rotatable bonds is 5. The Labute approximate surface area is 123 Å². The molecule has 112 valence electrons. The molecule has 0 aliphatic carbocycles. The van der Waals surface area contributed by atoms with Crippen molar-refractivity contribution in [2.75, 3.05) is 13.1 Å². The number of amides is 2. The summed E-state index contributed by atoms with van der Waals surface area (Å²) >= 11 is 1.29. The fraction of sp³-hybridized carbons (Fsp3) is 0.333. The van der Waals surface area contributed by atoms with Gasteiger partial charge in [0, 0.05) is 12.4 Å². The number of nitrogens with zero attached hydrogens (tertiary/aromatic N) is 2. The van der Waals surface area contributed by atoms with Gasteiger partial charge in [-0.05, 0) is 13.0 Å². The van der Waals surface area contributed by atoms with E-state index in [0.29, 0.717) is 4.88 Å². The van der Waals surface area contributed by atoms with E-state index >= 15 is 0 Å². The summed E-state index contributed by atoms with van der Waals surface area (Å²) in [5, 5.41) is 18.2. The van der Waals surface area contributed by atoms with Gasteiger partial charge in [0.05, 0.1) is 17.1 Å². The van der Waals surface area contributed by atoms with Crippen molar-refractivity contribution in [3.05, 3.63) is 16.6 Å². The van der Waals surface area contributed by atoms with Crippen LogP contribution < -0.4 is 10.6 Å². The van der Waals surface area contributed by atoms with Crippen molar-refractivity contribution in [1.29, 1.82) is 0 Å². The molecule has 0 aromatic carbocycles. The molecule has 0 aliphatic rings. The summed E-state index contributed by atoms with van der Waals surface area (Å²) in [6, 6.07) is 1.73. The van der Waals surface area contributed by atoms with Crippen molar-refractivity contribution in [1.82, 2.24) is 20.4 Å². The normalized spacial score (nSPS) is 10.6. The molecule has 2 heterocycles. The lowest BCUT2D eigenvalue weighted by atomic mass is 10.3. The molecule has 2 aromatic heterocycles. The molecule has 21 heavy (non-hydrogen) atoms. The number of hydrogen-bond donors (Lipinski definition) is 3. The lowest BCUT2D eigenvalue weighted by Gasteiger charge is -2.03. The van der Waals surface area contributed by atoms with Crippen LogP contribution in [0.1, 0.15) is 15.4 Å². The molecule has 0 atom stereocenters. The minimum atomic E-state index is -1.14. The molecule has 9 heteroatoms. The second kappa shape index (κ2) is 5.92. The molecule has 2 aromatic rings. The van der Waals surface area contributed by atoms with Gasteiger partial charge in [0.15, 0.2) is 0 Å². The number of thiophene rings is 1. The van der Waals surface area contributed by atoms with Gasteiger partial charge in [-0.1, -0.05) is 0 Å². The molecule has 0 fully saturated rings. The van der Waals surface area contributed by atoms with E-state index in [9.17, 15) is 14.4 Å². The molecule has 0 aliphatic heterocycles. The van der Waals surface area contributed by atoms with Gasteiger partial charge >= 0.3 is 5.97 Å². The molecule has 2 rings (SSSR count). The Kier molecular flexibility index (Phi) is 4.22. The SMILES string of the molecule is Cc1nn(C)c2sc(C(=O)NCC(=O)NCC(=O)O)cc12. The highest BCUT2D eigenvalue weighted by Gasteiger charge is 2.15. The molecule has 0 saturated carbocycles. The van der Waals surface area contributed by atoms with Crippen LogP contribution in [0.4, 0.5) is 0 Å². The van der Waals surface area contributed by atoms with E-state index in [1.54, 1.807) is 17.8 Å². The minimum absolute atomic E-state index is 0.266. The Bertz CT molecular complexity index is 684. The monoisotopic (exact) mass is 310 g/mol. The van der Waals surface area contributed by atoms with Crippen molar-refractivity contribution in [3.8, 4) is 0 Å². The number of nitrogens with one attached hydrogen (secondary N) is 2. The summed E-state index contributed by atoms with van der Waals surface area (Å²) in [5.74, 6) is -2.06. The zero-order valence-corrected chi connectivity index (χ0v) is 12.3. The summed E-state index contributed by atoms with van der Waals surface area (Å²) in [5.41, 5.74) is 0.835. The Hall–Kier alpha value is -2.42. The van der Waals surface area contributed by atoms with E-state index in [2.05, 4.69) is 15.7 Å². The largest absolute Gasteiger partial charge is 0.480 e. The molecule has 8 nitrogen and oxygen atoms in total. The number of hydrogen-bond acceptors (Lipinski definition) is 5. The number of carbonyl (C=O) groups is 3. The predicted octanol–water partition coefficient (Wildman–Crippen LogP) is -0.126. The zero-order chi connectivity index (χ0) is 15.6. The Morgan fingerprint density at radius 2 is 2.05 bits per heavy atom. The third-order valence-corrected chi connectivity index (χ3v) is 3.97. The molecule has 3 N–H and O–H groups in total. The van der Waals surface area contributed by atoms with Crippen molar-refractivity contribution in [2.24, 2.45) is 7.05 Å². The van der Waals surface area contributed by atoms with E-state index < -0.39 is 18.4 Å². The average molecular weight is 310 g/mol. The fourth-order valence-electron chi connectivity index (χ4n) is 1.80. The summed E-state index contributed by atoms with van der Waals surface area (Å²) in [6.45, 7) is 1.12. The molecule has 2 amide bonds. The van der Waals surface area contributed by atoms with Gasteiger partial charge in [0.1, 0.15) is 11.4 Å². The number of aliphatic carboxylic acids is 1. The van der Waals surface area contributed by atoms with Crippen LogP contribution in [-0.2, 0) is 16.6 Å². The van der Waals surface area contributed by atoms with Gasteiger partial charge in [-0.15, -0.1) is 11.3 Å². The van der Waals surface area contributed by atoms with Gasteiger partial charge in [0.2, 0.25) is 5.91 Å². The van der Waals surface area contributed by atoms with Crippen molar-refractivity contribution in [3.63, 3.8) is 0 Å². The molecular formula is C12H14N4O4S. The number of carboxylic acid groups (broad SMARTS) is 1. The third kappa shape index (κ3) is 3.37. The zero-order valence-electron chi connectivity index (χ0n) is 11.5. The predicted molar refractivity (Wildman–Crippen MR) is 76.3 cm³/mol. The van der Waals surface area contributed by atoms with E-state index in [4.69, 9.17) is 5.11 Å². The number of aromatic nitrogens is 2. The molecule has 0 radical (unpaired) electrons. The topological polar surface area (TPSA) is 113 Å². The Morgan fingerprint density at radius 3 is 2.67 bits per heavy atom. The maximum absolute atomic E-state index is 12.0. The van der Waals surface area contributed by atoms with Crippen molar-refractivity contribution >= 4 is 39.3 Å². The van der Waals surface area contributed by atoms with Crippen LogP contribution in [0.5, 0.6) is 0 Å². The van der Waals surface area contributed by atoms with Gasteiger partial charge in [-0.2, -0.15) is 5.10 Å². The molecular weight excluding hydrogens is 296 g/mol. The molecule has 0 spiro atoms. The molecule has 0 saturated heterocycles. The van der Waals surface area contributed by atoms with Crippen LogP contribution in [0.15, 0.2) is 6.07 Å². The van der Waals surface area contributed by atoms with E-state index in [1.165, 1.54) is 11.3 Å². The standard InChI is InChI=1S/C12H14N4O4S/c1-6-7-3-8(21-12(7)16(2)15-6)11(20)14-4-9(17)13-5-10(18)19/h3H,4-5H2,1-2H3,(H,13,17)(H,14,20)(H,18,19). The highest BCUT2D eigenvalue weighted by molar-refractivity contribution is 7.20. The van der Waals surface area contributed by atoms with Crippen LogP contribution in [-0.4, -0.2) is 45.8 Å². The first-order valence-electron chi connectivity index (χ1n) is 6.08. The van der Waals surface area contributed by atoms with Crippen LogP contribution in [0.3, 0.4) is 0 Å². The Balaban J connectivity index is 1.97. The maximum Gasteiger partial charge on any atom is 0.322 e. The average Bonchev–Trinajstić information content (AvgIpc) is 2.96. The molecule has 0 bridgehead atoms. The second-order valence-corrected chi connectivity index (χ2v) is 5.42. The first-order chi connectivity index (χ1) is 9.88. The van der Waals surface area contributed by atoms with E-state index in [-0.39, 0.29) is 12.5 Å². The van der Waals surface area contributed by atoms with Gasteiger partial charge in [-0.25, -0.2) is 0 Å². The van der Waals surface area contributed by atoms with Crippen molar-refractivity contribution < 1.29 is 19.5 Å². The summed E-state index contributed by atoms with van der Waals surface area (Å²) in [6.07, 6.45) is 0. The van der Waals surface area contributed by atoms with Crippen LogP contribution >= 0.6 is 11.3 Å². The van der Waals surface area contributed by atoms with Crippen LogP contribution in [0, 0.1) is 6.92 Å². The first-order valence-corrected chi connectivity index (χ1v) is 6.90. The number of fused-ring (bicyclic) bond motifs is 1. The maximum atomic E-state index is 12.0. The number of carbonyl (C=O) groups excluding carboxylic acids is 2. The van der Waals surface area contributed by atoms with E-state index in [1.807, 2.05) is 6.92 Å². The van der Waals surface area contributed by atoms with Crippen LogP contribution in [0.2, 0.25) is 0 Å². The highest BCUT2D eigenvalue weighted by Crippen LogP contribution is 2.27. The summed E-state index contributed by atoms with van der Waals surface area (Å²) in [4.78, 5) is 34.9. The van der Waals surface area contributed by atoms with Gasteiger partial charge in [-0.3, -0.25) is 19.1 Å². The van der Waals surface area contributed by atoms with Crippen LogP contribution in [0.25, 0.3) is 10.2 Å².